The van der Waals surface area contributed by atoms with Crippen LogP contribution in [-0.2, 0) is 17.8 Å². The summed E-state index contributed by atoms with van der Waals surface area (Å²) in [5.74, 6) is 0.0771. The van der Waals surface area contributed by atoms with Gasteiger partial charge in [0.2, 0.25) is 5.91 Å². The first-order valence-electron chi connectivity index (χ1n) is 10.6. The van der Waals surface area contributed by atoms with Crippen molar-refractivity contribution >= 4 is 32.6 Å². The van der Waals surface area contributed by atoms with E-state index in [0.29, 0.717) is 13.0 Å². The van der Waals surface area contributed by atoms with Crippen LogP contribution in [0.25, 0.3) is 10.2 Å². The predicted octanol–water partition coefficient (Wildman–Crippen LogP) is 6.61. The molecule has 4 aromatic rings. The number of rotatable bonds is 5. The Labute approximate surface area is 188 Å². The van der Waals surface area contributed by atoms with Gasteiger partial charge >= 0.3 is 0 Å². The highest BCUT2D eigenvalue weighted by atomic mass is 32.1. The number of nitrogens with zero attached hydrogens (tertiary/aromatic N) is 2. The van der Waals surface area contributed by atoms with Crippen molar-refractivity contribution in [1.29, 1.82) is 0 Å². The first-order chi connectivity index (χ1) is 14.8. The third-order valence-electron chi connectivity index (χ3n) is 5.81. The minimum absolute atomic E-state index is 0.0771. The zero-order chi connectivity index (χ0) is 22.1. The van der Waals surface area contributed by atoms with E-state index in [1.165, 1.54) is 22.3 Å². The molecule has 1 amide bonds. The summed E-state index contributed by atoms with van der Waals surface area (Å²) in [4.78, 5) is 20.4. The number of hydrogen-bond donors (Lipinski definition) is 0. The molecular formula is C27H28N2OS. The molecular weight excluding hydrogens is 400 g/mol. The minimum Gasteiger partial charge on any atom is -0.283 e. The second-order valence-electron chi connectivity index (χ2n) is 8.39. The zero-order valence-electron chi connectivity index (χ0n) is 18.8. The Bertz CT molecular complexity index is 1200. The van der Waals surface area contributed by atoms with Crippen LogP contribution in [-0.4, -0.2) is 10.9 Å². The van der Waals surface area contributed by atoms with Crippen LogP contribution < -0.4 is 4.90 Å². The fraction of sp³-hybridized carbons (Fsp3) is 0.259. The Morgan fingerprint density at radius 1 is 0.871 bits per heavy atom. The molecule has 0 saturated heterocycles. The van der Waals surface area contributed by atoms with Crippen molar-refractivity contribution in [2.75, 3.05) is 4.90 Å². The van der Waals surface area contributed by atoms with Gasteiger partial charge in [-0.25, -0.2) is 4.98 Å². The van der Waals surface area contributed by atoms with Gasteiger partial charge in [0.25, 0.3) is 0 Å². The molecule has 1 aromatic heterocycles. The number of carbonyl (C=O) groups is 1. The first-order valence-corrected chi connectivity index (χ1v) is 11.4. The van der Waals surface area contributed by atoms with E-state index >= 15 is 0 Å². The summed E-state index contributed by atoms with van der Waals surface area (Å²) < 4.78 is 1.16. The molecule has 4 rings (SSSR count). The topological polar surface area (TPSA) is 33.2 Å². The number of amides is 1. The molecule has 0 saturated carbocycles. The average Bonchev–Trinajstić information content (AvgIpc) is 3.19. The lowest BCUT2D eigenvalue weighted by Crippen LogP contribution is -2.32. The largest absolute Gasteiger partial charge is 0.283 e. The van der Waals surface area contributed by atoms with Gasteiger partial charge in [-0.1, -0.05) is 71.5 Å². The van der Waals surface area contributed by atoms with Crippen LogP contribution in [0.4, 0.5) is 5.13 Å². The van der Waals surface area contributed by atoms with Crippen LogP contribution in [0.3, 0.4) is 0 Å². The molecule has 0 atom stereocenters. The molecule has 31 heavy (non-hydrogen) atoms. The second kappa shape index (κ2) is 8.64. The fourth-order valence-electron chi connectivity index (χ4n) is 4.13. The van der Waals surface area contributed by atoms with E-state index in [1.807, 2.05) is 23.1 Å². The third kappa shape index (κ3) is 4.40. The van der Waals surface area contributed by atoms with Crippen LogP contribution in [0.5, 0.6) is 0 Å². The monoisotopic (exact) mass is 428 g/mol. The van der Waals surface area contributed by atoms with Gasteiger partial charge in [-0.3, -0.25) is 9.69 Å². The Morgan fingerprint density at radius 3 is 2.16 bits per heavy atom. The smallest absolute Gasteiger partial charge is 0.233 e. The maximum absolute atomic E-state index is 13.6. The van der Waals surface area contributed by atoms with Gasteiger partial charge < -0.3 is 0 Å². The van der Waals surface area contributed by atoms with Crippen molar-refractivity contribution in [3.8, 4) is 0 Å². The standard InChI is InChI=1S/C27H28N2OS/c1-17-13-20(4)23(21(5)14-17)15-24(30)29(16-22-9-7-6-8-10-22)27-28-25-18(2)11-12-19(3)26(25)31-27/h6-14H,15-16H2,1-5H3. The Morgan fingerprint density at radius 2 is 1.52 bits per heavy atom. The number of anilines is 1. The number of aromatic nitrogens is 1. The second-order valence-corrected chi connectivity index (χ2v) is 9.37. The van der Waals surface area contributed by atoms with Crippen molar-refractivity contribution in [1.82, 2.24) is 4.98 Å². The van der Waals surface area contributed by atoms with Crippen molar-refractivity contribution in [2.24, 2.45) is 0 Å². The van der Waals surface area contributed by atoms with E-state index in [1.54, 1.807) is 11.3 Å². The molecule has 0 radical (unpaired) electrons. The highest BCUT2D eigenvalue weighted by Crippen LogP contribution is 2.34. The molecule has 0 aliphatic rings. The van der Waals surface area contributed by atoms with Crippen LogP contribution >= 0.6 is 11.3 Å². The Balaban J connectivity index is 1.75. The zero-order valence-corrected chi connectivity index (χ0v) is 19.6. The summed E-state index contributed by atoms with van der Waals surface area (Å²) in [6, 6.07) is 18.7. The third-order valence-corrected chi connectivity index (χ3v) is 7.03. The molecule has 1 heterocycles. The predicted molar refractivity (Wildman–Crippen MR) is 131 cm³/mol. The molecule has 0 bridgehead atoms. The first kappa shape index (κ1) is 21.3. The molecule has 0 spiro atoms. The SMILES string of the molecule is Cc1cc(C)c(CC(=O)N(Cc2ccccc2)c2nc3c(C)ccc(C)c3s2)c(C)c1. The lowest BCUT2D eigenvalue weighted by molar-refractivity contribution is -0.118. The van der Waals surface area contributed by atoms with Gasteiger partial charge in [0.15, 0.2) is 5.13 Å². The van der Waals surface area contributed by atoms with Crippen LogP contribution in [0.2, 0.25) is 0 Å². The van der Waals surface area contributed by atoms with Gasteiger partial charge in [-0.15, -0.1) is 0 Å². The number of aryl methyl sites for hydroxylation is 5. The van der Waals surface area contributed by atoms with E-state index in [0.717, 1.165) is 32.0 Å². The molecule has 3 nitrogen and oxygen atoms in total. The van der Waals surface area contributed by atoms with Crippen molar-refractivity contribution in [3.63, 3.8) is 0 Å². The highest BCUT2D eigenvalue weighted by molar-refractivity contribution is 7.22. The van der Waals surface area contributed by atoms with E-state index in [-0.39, 0.29) is 5.91 Å². The quantitative estimate of drug-likeness (QED) is 0.358. The van der Waals surface area contributed by atoms with E-state index in [4.69, 9.17) is 4.98 Å². The molecule has 0 fully saturated rings. The average molecular weight is 429 g/mol. The molecule has 158 valence electrons. The van der Waals surface area contributed by atoms with Gasteiger partial charge in [-0.05, 0) is 68.0 Å². The van der Waals surface area contributed by atoms with Gasteiger partial charge in [0, 0.05) is 0 Å². The van der Waals surface area contributed by atoms with E-state index in [2.05, 4.69) is 71.0 Å². The number of fused-ring (bicyclic) bond motifs is 1. The number of benzene rings is 3. The van der Waals surface area contributed by atoms with Crippen LogP contribution in [0, 0.1) is 34.6 Å². The number of hydrogen-bond acceptors (Lipinski definition) is 3. The molecule has 0 unspecified atom stereocenters. The van der Waals surface area contributed by atoms with Gasteiger partial charge in [0.05, 0.1) is 23.2 Å². The fourth-order valence-corrected chi connectivity index (χ4v) is 5.26. The molecule has 0 aliphatic heterocycles. The van der Waals surface area contributed by atoms with Gasteiger partial charge in [-0.2, -0.15) is 0 Å². The van der Waals surface area contributed by atoms with Crippen LogP contribution in [0.15, 0.2) is 54.6 Å². The molecule has 0 N–H and O–H groups in total. The lowest BCUT2D eigenvalue weighted by atomic mass is 9.97. The normalized spacial score (nSPS) is 11.1. The minimum atomic E-state index is 0.0771. The number of carbonyl (C=O) groups excluding carboxylic acids is 1. The molecule has 3 aromatic carbocycles. The maximum Gasteiger partial charge on any atom is 0.233 e. The maximum atomic E-state index is 13.6. The van der Waals surface area contributed by atoms with Crippen molar-refractivity contribution < 1.29 is 4.79 Å². The van der Waals surface area contributed by atoms with Gasteiger partial charge in [0.1, 0.15) is 0 Å². The molecule has 0 aliphatic carbocycles. The summed E-state index contributed by atoms with van der Waals surface area (Å²) in [6.07, 6.45) is 0.374. The van der Waals surface area contributed by atoms with Crippen molar-refractivity contribution in [3.05, 3.63) is 93.5 Å². The summed E-state index contributed by atoms with van der Waals surface area (Å²) in [6.45, 7) is 11.0. The Kier molecular flexibility index (Phi) is 5.92. The van der Waals surface area contributed by atoms with E-state index < -0.39 is 0 Å². The highest BCUT2D eigenvalue weighted by Gasteiger charge is 2.22. The number of thiazole rings is 1. The Hall–Kier alpha value is -2.98. The van der Waals surface area contributed by atoms with Crippen molar-refractivity contribution in [2.45, 2.75) is 47.6 Å². The summed E-state index contributed by atoms with van der Waals surface area (Å²) >= 11 is 1.61. The molecule has 4 heteroatoms. The summed E-state index contributed by atoms with van der Waals surface area (Å²) in [7, 11) is 0. The van der Waals surface area contributed by atoms with Crippen LogP contribution in [0.1, 0.15) is 38.9 Å². The van der Waals surface area contributed by atoms with E-state index in [9.17, 15) is 4.79 Å². The summed E-state index contributed by atoms with van der Waals surface area (Å²) in [5.41, 5.74) is 9.10. The summed E-state index contributed by atoms with van der Waals surface area (Å²) in [5, 5.41) is 0.767. The lowest BCUT2D eigenvalue weighted by Gasteiger charge is -2.21.